The first-order valence-electron chi connectivity index (χ1n) is 15.6. The number of carboxylic acid groups (broad SMARTS) is 2. The molecule has 2 amide bonds. The van der Waals surface area contributed by atoms with Gasteiger partial charge in [0.25, 0.3) is 11.8 Å². The van der Waals surface area contributed by atoms with Gasteiger partial charge in [-0.15, -0.1) is 0 Å². The molecule has 1 aromatic heterocycles. The lowest BCUT2D eigenvalue weighted by Crippen LogP contribution is -2.18. The van der Waals surface area contributed by atoms with Crippen LogP contribution in [0.1, 0.15) is 90.2 Å². The molecule has 3 aliphatic heterocycles. The number of aliphatic carboxylic acids is 2. The highest BCUT2D eigenvalue weighted by atomic mass is 16.4. The molecule has 45 heavy (non-hydrogen) atoms. The average molecular weight is 617 g/mol. The molecule has 10 nitrogen and oxygen atoms in total. The van der Waals surface area contributed by atoms with Gasteiger partial charge in [-0.3, -0.25) is 24.2 Å². The van der Waals surface area contributed by atoms with Gasteiger partial charge < -0.3 is 25.8 Å². The van der Waals surface area contributed by atoms with Crippen molar-refractivity contribution in [3.8, 4) is 0 Å². The number of hydrogen-bond acceptors (Lipinski definition) is 5. The zero-order chi connectivity index (χ0) is 33.3. The van der Waals surface area contributed by atoms with Crippen molar-refractivity contribution in [2.75, 3.05) is 0 Å². The van der Waals surface area contributed by atoms with Crippen molar-refractivity contribution in [1.82, 2.24) is 15.6 Å². The molecule has 0 radical (unpaired) electrons. The van der Waals surface area contributed by atoms with Crippen molar-refractivity contribution in [2.24, 2.45) is 16.8 Å². The third-order valence-corrected chi connectivity index (χ3v) is 9.36. The maximum atomic E-state index is 12.4. The highest BCUT2D eigenvalue weighted by Gasteiger charge is 2.32. The second-order valence-electron chi connectivity index (χ2n) is 12.3. The van der Waals surface area contributed by atoms with Crippen LogP contribution in [0.2, 0.25) is 0 Å². The van der Waals surface area contributed by atoms with Crippen LogP contribution in [-0.4, -0.2) is 50.7 Å². The Hall–Kier alpha value is -4.47. The summed E-state index contributed by atoms with van der Waals surface area (Å²) < 4.78 is 0. The molecule has 1 unspecified atom stereocenters. The Morgan fingerprint density at radius 1 is 0.822 bits per heavy atom. The maximum absolute atomic E-state index is 12.4. The molecule has 4 heterocycles. The Morgan fingerprint density at radius 2 is 1.33 bits per heavy atom. The van der Waals surface area contributed by atoms with E-state index >= 15 is 0 Å². The van der Waals surface area contributed by atoms with E-state index in [0.717, 1.165) is 50.5 Å². The van der Waals surface area contributed by atoms with Gasteiger partial charge in [0, 0.05) is 40.3 Å². The van der Waals surface area contributed by atoms with Gasteiger partial charge in [-0.25, -0.2) is 0 Å². The minimum Gasteiger partial charge on any atom is -0.481 e. The summed E-state index contributed by atoms with van der Waals surface area (Å²) in [7, 11) is 0. The van der Waals surface area contributed by atoms with Crippen molar-refractivity contribution in [2.45, 2.75) is 93.5 Å². The first-order chi connectivity index (χ1) is 21.2. The largest absolute Gasteiger partial charge is 0.481 e. The average Bonchev–Trinajstić information content (AvgIpc) is 3.62. The number of nitrogens with zero attached hydrogens (tertiary/aromatic N) is 1. The summed E-state index contributed by atoms with van der Waals surface area (Å²) in [6.07, 6.45) is 6.15. The number of carbonyl (C=O) groups is 4. The lowest BCUT2D eigenvalue weighted by Gasteiger charge is -2.17. The SMILES string of the molecule is CCC1=C(C)C(=O)N/C1=C\C1=NC(Cc2[nH]c(/C=C3\NC(=O)C(C)=C3CC)c(C)c2C[C@@H](C)C(=O)O)C(C[C@@H](C)C(=O)O)=C1C. The lowest BCUT2D eigenvalue weighted by atomic mass is 9.89. The van der Waals surface area contributed by atoms with Gasteiger partial charge >= 0.3 is 11.9 Å². The molecule has 0 saturated carbocycles. The van der Waals surface area contributed by atoms with E-state index in [4.69, 9.17) is 4.99 Å². The van der Waals surface area contributed by atoms with E-state index in [9.17, 15) is 29.4 Å². The van der Waals surface area contributed by atoms with Gasteiger partial charge in [-0.1, -0.05) is 27.7 Å². The fraction of sp³-hybridized carbons (Fsp3) is 0.457. The summed E-state index contributed by atoms with van der Waals surface area (Å²) in [5.74, 6) is -3.33. The fourth-order valence-corrected chi connectivity index (χ4v) is 6.38. The maximum Gasteiger partial charge on any atom is 0.306 e. The highest BCUT2D eigenvalue weighted by Crippen LogP contribution is 2.35. The van der Waals surface area contributed by atoms with E-state index in [1.165, 1.54) is 0 Å². The summed E-state index contributed by atoms with van der Waals surface area (Å²) in [6.45, 7) is 14.8. The van der Waals surface area contributed by atoms with Crippen LogP contribution in [0.25, 0.3) is 6.08 Å². The second kappa shape index (κ2) is 13.3. The number of aromatic nitrogens is 1. The first-order valence-corrected chi connectivity index (χ1v) is 15.6. The van der Waals surface area contributed by atoms with Crippen molar-refractivity contribution in [1.29, 1.82) is 0 Å². The van der Waals surface area contributed by atoms with Crippen LogP contribution in [0, 0.1) is 18.8 Å². The monoisotopic (exact) mass is 616 g/mol. The Morgan fingerprint density at radius 3 is 1.84 bits per heavy atom. The van der Waals surface area contributed by atoms with Crippen molar-refractivity contribution in [3.63, 3.8) is 0 Å². The smallest absolute Gasteiger partial charge is 0.306 e. The van der Waals surface area contributed by atoms with Crippen LogP contribution in [0.3, 0.4) is 0 Å². The molecule has 0 spiro atoms. The van der Waals surface area contributed by atoms with E-state index in [0.29, 0.717) is 54.7 Å². The minimum absolute atomic E-state index is 0.128. The van der Waals surface area contributed by atoms with Gasteiger partial charge in [-0.05, 0) is 98.9 Å². The number of carbonyl (C=O) groups excluding carboxylic acids is 2. The Balaban J connectivity index is 1.80. The number of nitrogens with one attached hydrogen (secondary N) is 3. The highest BCUT2D eigenvalue weighted by molar-refractivity contribution is 6.12. The van der Waals surface area contributed by atoms with Gasteiger partial charge in [0.1, 0.15) is 0 Å². The number of carboxylic acids is 2. The number of aromatic amines is 1. The number of aliphatic imine (C=N–C) groups is 1. The molecule has 0 bridgehead atoms. The van der Waals surface area contributed by atoms with E-state index in [1.807, 2.05) is 39.8 Å². The Bertz CT molecular complexity index is 1660. The molecular formula is C35H44N4O6. The van der Waals surface area contributed by atoms with Crippen molar-refractivity contribution in [3.05, 3.63) is 73.4 Å². The zero-order valence-corrected chi connectivity index (χ0v) is 27.4. The van der Waals surface area contributed by atoms with E-state index in [-0.39, 0.29) is 17.9 Å². The van der Waals surface area contributed by atoms with E-state index in [2.05, 4.69) is 15.6 Å². The summed E-state index contributed by atoms with van der Waals surface area (Å²) in [6, 6.07) is -0.386. The third-order valence-electron chi connectivity index (χ3n) is 9.36. The normalized spacial score (nSPS) is 21.7. The van der Waals surface area contributed by atoms with Crippen LogP contribution < -0.4 is 10.6 Å². The van der Waals surface area contributed by atoms with Crippen molar-refractivity contribution < 1.29 is 29.4 Å². The number of H-pyrrole nitrogens is 1. The molecule has 0 fully saturated rings. The summed E-state index contributed by atoms with van der Waals surface area (Å²) in [5, 5.41) is 25.4. The quantitative estimate of drug-likeness (QED) is 0.214. The van der Waals surface area contributed by atoms with Crippen LogP contribution >= 0.6 is 0 Å². The zero-order valence-electron chi connectivity index (χ0n) is 27.4. The summed E-state index contributed by atoms with van der Waals surface area (Å²) in [5.41, 5.74) is 10.5. The predicted molar refractivity (Wildman–Crippen MR) is 173 cm³/mol. The van der Waals surface area contributed by atoms with Gasteiger partial charge in [-0.2, -0.15) is 0 Å². The predicted octanol–water partition coefficient (Wildman–Crippen LogP) is 5.32. The van der Waals surface area contributed by atoms with Crippen LogP contribution in [0.15, 0.2) is 55.9 Å². The molecule has 3 atom stereocenters. The van der Waals surface area contributed by atoms with Crippen molar-refractivity contribution >= 4 is 35.5 Å². The van der Waals surface area contributed by atoms with Gasteiger partial charge in [0.2, 0.25) is 0 Å². The number of hydrogen-bond donors (Lipinski definition) is 5. The molecular weight excluding hydrogens is 572 g/mol. The molecule has 3 aliphatic rings. The van der Waals surface area contributed by atoms with E-state index < -0.39 is 23.8 Å². The second-order valence-corrected chi connectivity index (χ2v) is 12.3. The van der Waals surface area contributed by atoms with Crippen LogP contribution in [-0.2, 0) is 32.0 Å². The Labute approximate surface area is 264 Å². The summed E-state index contributed by atoms with van der Waals surface area (Å²) >= 11 is 0. The molecule has 0 aromatic carbocycles. The molecule has 240 valence electrons. The molecule has 5 N–H and O–H groups in total. The van der Waals surface area contributed by atoms with Gasteiger partial charge in [0.15, 0.2) is 0 Å². The molecule has 1 aromatic rings. The van der Waals surface area contributed by atoms with Crippen LogP contribution in [0.4, 0.5) is 0 Å². The number of rotatable bonds is 12. The van der Waals surface area contributed by atoms with E-state index in [1.54, 1.807) is 27.7 Å². The first kappa shape index (κ1) is 33.4. The molecule has 0 aliphatic carbocycles. The standard InChI is InChI=1S/C35H44N4O6/c1-9-22-20(7)32(40)38-28(22)13-26-18(5)24(11-16(3)34(42)43)30(36-26)15-31-25(12-17(4)35(44)45)19(6)27(37-31)14-29-23(10-2)21(8)33(41)39-29/h13-14,16-17,30,37H,9-12,15H2,1-8H3,(H,38,40)(H,39,41)(H,42,43)(H,44,45)/b28-13-,29-14-/t16-,17-,30?/m1/s1. The topological polar surface area (TPSA) is 161 Å². The number of allylic oxidation sites excluding steroid dienone is 4. The third kappa shape index (κ3) is 6.65. The fourth-order valence-electron chi connectivity index (χ4n) is 6.38. The Kier molecular flexibility index (Phi) is 9.85. The molecule has 4 rings (SSSR count). The minimum atomic E-state index is -0.899. The molecule has 0 saturated heterocycles. The number of amides is 2. The molecule has 10 heteroatoms. The van der Waals surface area contributed by atoms with Crippen LogP contribution in [0.5, 0.6) is 0 Å². The summed E-state index contributed by atoms with van der Waals surface area (Å²) in [4.78, 5) is 57.2. The van der Waals surface area contributed by atoms with Gasteiger partial charge in [0.05, 0.1) is 23.6 Å². The lowest BCUT2D eigenvalue weighted by molar-refractivity contribution is -0.142.